The first-order valence-electron chi connectivity index (χ1n) is 4.87. The first kappa shape index (κ1) is 9.71. The fourth-order valence-corrected chi connectivity index (χ4v) is 1.71. The average Bonchev–Trinajstić information content (AvgIpc) is 2.20. The normalized spacial score (nSPS) is 10.8. The van der Waals surface area contributed by atoms with E-state index in [-0.39, 0.29) is 11.2 Å². The molecule has 0 atom stereocenters. The van der Waals surface area contributed by atoms with Crippen LogP contribution in [-0.4, -0.2) is 9.55 Å². The Hall–Kier alpha value is -1.84. The summed E-state index contributed by atoms with van der Waals surface area (Å²) >= 11 is 0. The van der Waals surface area contributed by atoms with Crippen LogP contribution in [0.1, 0.15) is 12.5 Å². The topological polar surface area (TPSA) is 54.9 Å². The second-order valence-corrected chi connectivity index (χ2v) is 3.48. The van der Waals surface area contributed by atoms with E-state index in [0.717, 1.165) is 5.56 Å². The lowest BCUT2D eigenvalue weighted by atomic mass is 10.1. The Morgan fingerprint density at radius 1 is 1.33 bits per heavy atom. The zero-order valence-corrected chi connectivity index (χ0v) is 8.70. The molecule has 15 heavy (non-hydrogen) atoms. The maximum absolute atomic E-state index is 11.9. The van der Waals surface area contributed by atoms with Gasteiger partial charge in [-0.25, -0.2) is 4.79 Å². The molecule has 2 rings (SSSR count). The first-order chi connectivity index (χ1) is 7.15. The Balaban J connectivity index is 3.05. The molecule has 1 N–H and O–H groups in total. The van der Waals surface area contributed by atoms with E-state index in [1.165, 1.54) is 4.57 Å². The quantitative estimate of drug-likeness (QED) is 0.754. The van der Waals surface area contributed by atoms with Crippen molar-refractivity contribution in [1.29, 1.82) is 0 Å². The molecule has 1 aromatic carbocycles. The van der Waals surface area contributed by atoms with Crippen LogP contribution in [0.25, 0.3) is 10.9 Å². The zero-order valence-electron chi connectivity index (χ0n) is 8.70. The maximum atomic E-state index is 11.9. The van der Waals surface area contributed by atoms with Crippen LogP contribution in [0.5, 0.6) is 0 Å². The van der Waals surface area contributed by atoms with Crippen LogP contribution in [-0.2, 0) is 6.54 Å². The minimum Gasteiger partial charge on any atom is -0.306 e. The van der Waals surface area contributed by atoms with Crippen LogP contribution < -0.4 is 11.2 Å². The van der Waals surface area contributed by atoms with Gasteiger partial charge in [0.2, 0.25) is 0 Å². The highest BCUT2D eigenvalue weighted by atomic mass is 16.2. The van der Waals surface area contributed by atoms with Crippen molar-refractivity contribution >= 4 is 10.9 Å². The van der Waals surface area contributed by atoms with Gasteiger partial charge in [0.15, 0.2) is 0 Å². The van der Waals surface area contributed by atoms with Gasteiger partial charge >= 0.3 is 5.69 Å². The Labute approximate surface area is 86.2 Å². The third-order valence-corrected chi connectivity index (χ3v) is 2.54. The number of rotatable bonds is 1. The summed E-state index contributed by atoms with van der Waals surface area (Å²) in [6.45, 7) is 4.03. The molecular weight excluding hydrogens is 192 g/mol. The number of nitrogens with zero attached hydrogens (tertiary/aromatic N) is 1. The van der Waals surface area contributed by atoms with Gasteiger partial charge in [0.1, 0.15) is 0 Å². The molecule has 0 aliphatic carbocycles. The molecule has 0 saturated carbocycles. The monoisotopic (exact) mass is 204 g/mol. The molecule has 0 spiro atoms. The van der Waals surface area contributed by atoms with Crippen molar-refractivity contribution in [2.75, 3.05) is 0 Å². The number of hydrogen-bond donors (Lipinski definition) is 1. The van der Waals surface area contributed by atoms with Crippen molar-refractivity contribution in [3.8, 4) is 0 Å². The second-order valence-electron chi connectivity index (χ2n) is 3.48. The fraction of sp³-hybridized carbons (Fsp3) is 0.273. The number of aromatic amines is 1. The van der Waals surface area contributed by atoms with Gasteiger partial charge in [-0.15, -0.1) is 0 Å². The van der Waals surface area contributed by atoms with Crippen LogP contribution in [0.3, 0.4) is 0 Å². The molecule has 0 amide bonds. The van der Waals surface area contributed by atoms with Crippen LogP contribution in [0.2, 0.25) is 0 Å². The molecule has 0 aliphatic heterocycles. The van der Waals surface area contributed by atoms with Crippen LogP contribution in [0.4, 0.5) is 0 Å². The zero-order chi connectivity index (χ0) is 11.0. The standard InChI is InChI=1S/C11H12N2O2/c1-3-13-10(14)8-6-4-5-7(2)9(8)12-11(13)15/h4-6H,3H2,1-2H3,(H,12,15). The molecule has 2 aromatic rings. The third kappa shape index (κ3) is 1.38. The van der Waals surface area contributed by atoms with Gasteiger partial charge in [0.25, 0.3) is 5.56 Å². The molecule has 4 nitrogen and oxygen atoms in total. The van der Waals surface area contributed by atoms with E-state index in [1.807, 2.05) is 19.1 Å². The minimum absolute atomic E-state index is 0.222. The highest BCUT2D eigenvalue weighted by Gasteiger charge is 2.06. The molecule has 1 heterocycles. The van der Waals surface area contributed by atoms with Gasteiger partial charge in [-0.2, -0.15) is 0 Å². The molecule has 0 radical (unpaired) electrons. The number of hydrogen-bond acceptors (Lipinski definition) is 2. The Bertz CT molecular complexity index is 623. The number of aromatic nitrogens is 2. The lowest BCUT2D eigenvalue weighted by Crippen LogP contribution is -2.34. The van der Waals surface area contributed by atoms with Gasteiger partial charge in [0.05, 0.1) is 10.9 Å². The molecule has 0 saturated heterocycles. The van der Waals surface area contributed by atoms with Crippen LogP contribution >= 0.6 is 0 Å². The number of nitrogens with one attached hydrogen (secondary N) is 1. The Morgan fingerprint density at radius 3 is 2.73 bits per heavy atom. The summed E-state index contributed by atoms with van der Waals surface area (Å²) in [5.74, 6) is 0. The van der Waals surface area contributed by atoms with Crippen molar-refractivity contribution in [2.45, 2.75) is 20.4 Å². The van der Waals surface area contributed by atoms with E-state index < -0.39 is 0 Å². The maximum Gasteiger partial charge on any atom is 0.328 e. The highest BCUT2D eigenvalue weighted by Crippen LogP contribution is 2.09. The predicted octanol–water partition coefficient (Wildman–Crippen LogP) is 1.02. The van der Waals surface area contributed by atoms with Gasteiger partial charge in [-0.05, 0) is 25.5 Å². The molecule has 0 bridgehead atoms. The summed E-state index contributed by atoms with van der Waals surface area (Å²) in [6, 6.07) is 5.41. The Morgan fingerprint density at radius 2 is 2.07 bits per heavy atom. The van der Waals surface area contributed by atoms with Crippen molar-refractivity contribution in [3.63, 3.8) is 0 Å². The Kier molecular flexibility index (Phi) is 2.19. The van der Waals surface area contributed by atoms with Crippen molar-refractivity contribution < 1.29 is 0 Å². The number of para-hydroxylation sites is 1. The molecule has 0 fully saturated rings. The van der Waals surface area contributed by atoms with E-state index in [0.29, 0.717) is 17.4 Å². The predicted molar refractivity (Wildman–Crippen MR) is 59.2 cm³/mol. The van der Waals surface area contributed by atoms with E-state index in [9.17, 15) is 9.59 Å². The molecular formula is C11H12N2O2. The summed E-state index contributed by atoms with van der Waals surface area (Å²) in [6.07, 6.45) is 0. The summed E-state index contributed by atoms with van der Waals surface area (Å²) in [7, 11) is 0. The van der Waals surface area contributed by atoms with Gasteiger partial charge in [-0.3, -0.25) is 9.36 Å². The van der Waals surface area contributed by atoms with Gasteiger partial charge in [-0.1, -0.05) is 12.1 Å². The SMILES string of the molecule is CCn1c(=O)[nH]c2c(C)cccc2c1=O. The number of benzene rings is 1. The average molecular weight is 204 g/mol. The molecule has 0 unspecified atom stereocenters. The lowest BCUT2D eigenvalue weighted by Gasteiger charge is -2.04. The molecule has 1 aromatic heterocycles. The van der Waals surface area contributed by atoms with E-state index in [2.05, 4.69) is 4.98 Å². The number of H-pyrrole nitrogens is 1. The summed E-state index contributed by atoms with van der Waals surface area (Å²) in [5.41, 5.74) is 0.978. The first-order valence-corrected chi connectivity index (χ1v) is 4.87. The second kappa shape index (κ2) is 3.38. The molecule has 78 valence electrons. The van der Waals surface area contributed by atoms with Crippen LogP contribution in [0, 0.1) is 6.92 Å². The lowest BCUT2D eigenvalue weighted by molar-refractivity contribution is 0.684. The van der Waals surface area contributed by atoms with Crippen molar-refractivity contribution in [3.05, 3.63) is 44.6 Å². The largest absolute Gasteiger partial charge is 0.328 e. The van der Waals surface area contributed by atoms with Gasteiger partial charge < -0.3 is 4.98 Å². The van der Waals surface area contributed by atoms with Crippen molar-refractivity contribution in [2.24, 2.45) is 0 Å². The number of fused-ring (bicyclic) bond motifs is 1. The summed E-state index contributed by atoms with van der Waals surface area (Å²) in [4.78, 5) is 26.1. The summed E-state index contributed by atoms with van der Waals surface area (Å²) in [5, 5.41) is 0.566. The fourth-order valence-electron chi connectivity index (χ4n) is 1.71. The minimum atomic E-state index is -0.343. The van der Waals surface area contributed by atoms with E-state index >= 15 is 0 Å². The van der Waals surface area contributed by atoms with Gasteiger partial charge in [0, 0.05) is 6.54 Å². The van der Waals surface area contributed by atoms with E-state index in [1.54, 1.807) is 13.0 Å². The molecule has 0 aliphatic rings. The van der Waals surface area contributed by atoms with E-state index in [4.69, 9.17) is 0 Å². The summed E-state index contributed by atoms with van der Waals surface area (Å²) < 4.78 is 1.20. The highest BCUT2D eigenvalue weighted by molar-refractivity contribution is 5.80. The van der Waals surface area contributed by atoms with Crippen LogP contribution in [0.15, 0.2) is 27.8 Å². The van der Waals surface area contributed by atoms with Crippen molar-refractivity contribution in [1.82, 2.24) is 9.55 Å². The smallest absolute Gasteiger partial charge is 0.306 e. The number of aryl methyl sites for hydroxylation is 1. The third-order valence-electron chi connectivity index (χ3n) is 2.54. The molecule has 4 heteroatoms.